The zero-order valence-corrected chi connectivity index (χ0v) is 23.4. The number of aliphatic hydroxyl groups is 1. The molecule has 1 saturated heterocycles. The Balaban J connectivity index is 1.74. The number of aromatic nitrogens is 2. The molecule has 0 bridgehead atoms. The van der Waals surface area contributed by atoms with E-state index in [9.17, 15) is 19.4 Å². The molecule has 2 rings (SSSR count). The molecule has 3 unspecified atom stereocenters. The summed E-state index contributed by atoms with van der Waals surface area (Å²) in [5, 5.41) is 10.6. The van der Waals surface area contributed by atoms with E-state index in [0.29, 0.717) is 12.4 Å². The van der Waals surface area contributed by atoms with Crippen LogP contribution in [0.4, 0.5) is 5.82 Å². The van der Waals surface area contributed by atoms with E-state index in [1.165, 1.54) is 51.5 Å². The van der Waals surface area contributed by atoms with Crippen molar-refractivity contribution in [3.05, 3.63) is 22.7 Å². The van der Waals surface area contributed by atoms with Gasteiger partial charge in [-0.1, -0.05) is 51.9 Å². The molecule has 0 spiro atoms. The highest BCUT2D eigenvalue weighted by Gasteiger charge is 2.46. The molecule has 0 radical (unpaired) electrons. The Morgan fingerprint density at radius 2 is 1.89 bits per heavy atom. The van der Waals surface area contributed by atoms with Crippen LogP contribution < -0.4 is 11.4 Å². The lowest BCUT2D eigenvalue weighted by Crippen LogP contribution is -2.37. The fourth-order valence-corrected chi connectivity index (χ4v) is 4.95. The Morgan fingerprint density at radius 3 is 2.51 bits per heavy atom. The number of thiol groups is 1. The van der Waals surface area contributed by atoms with E-state index >= 15 is 0 Å². The van der Waals surface area contributed by atoms with Gasteiger partial charge >= 0.3 is 13.5 Å². The van der Waals surface area contributed by atoms with E-state index < -0.39 is 50.8 Å². The molecule has 6 atom stereocenters. The van der Waals surface area contributed by atoms with Crippen molar-refractivity contribution in [1.29, 1.82) is 0 Å². The first-order valence-electron chi connectivity index (χ1n) is 12.8. The Hall–Kier alpha value is -1.02. The molecule has 214 valence electrons. The monoisotopic (exact) mass is 567 g/mol. The fourth-order valence-electron chi connectivity index (χ4n) is 3.98. The van der Waals surface area contributed by atoms with Gasteiger partial charge in [0.2, 0.25) is 0 Å². The van der Waals surface area contributed by atoms with Gasteiger partial charge in [-0.05, 0) is 12.5 Å². The minimum absolute atomic E-state index is 0.0355. The predicted molar refractivity (Wildman–Crippen MR) is 142 cm³/mol. The van der Waals surface area contributed by atoms with Gasteiger partial charge in [0.1, 0.15) is 24.1 Å². The third-order valence-corrected chi connectivity index (χ3v) is 7.45. The quantitative estimate of drug-likeness (QED) is 0.110. The van der Waals surface area contributed by atoms with Crippen molar-refractivity contribution >= 4 is 26.3 Å². The maximum atomic E-state index is 12.4. The van der Waals surface area contributed by atoms with E-state index in [-0.39, 0.29) is 12.4 Å². The largest absolute Gasteiger partial charge is 0.472 e. The van der Waals surface area contributed by atoms with Crippen LogP contribution in [0.5, 0.6) is 0 Å². The highest BCUT2D eigenvalue weighted by atomic mass is 32.1. The van der Waals surface area contributed by atoms with E-state index in [1.54, 1.807) is 0 Å². The van der Waals surface area contributed by atoms with Gasteiger partial charge in [0.15, 0.2) is 6.23 Å². The van der Waals surface area contributed by atoms with Crippen molar-refractivity contribution in [1.82, 2.24) is 9.55 Å². The van der Waals surface area contributed by atoms with Gasteiger partial charge in [-0.3, -0.25) is 13.6 Å². The molecule has 0 amide bonds. The summed E-state index contributed by atoms with van der Waals surface area (Å²) in [6, 6.07) is 1.40. The normalized spacial score (nSPS) is 24.2. The van der Waals surface area contributed by atoms with Crippen molar-refractivity contribution in [3.8, 4) is 0 Å². The Kier molecular flexibility index (Phi) is 14.6. The molecule has 14 heteroatoms. The first kappa shape index (κ1) is 32.2. The lowest BCUT2D eigenvalue weighted by atomic mass is 10.1. The molecular formula is C23H42N3O9PS. The highest BCUT2D eigenvalue weighted by Crippen LogP contribution is 2.44. The highest BCUT2D eigenvalue weighted by molar-refractivity contribution is 7.80. The van der Waals surface area contributed by atoms with Crippen LogP contribution in [0.1, 0.15) is 64.5 Å². The molecular weight excluding hydrogens is 525 g/mol. The second-order valence-electron chi connectivity index (χ2n) is 9.01. The standard InChI is InChI=1S/C23H42N3O9PS/c1-3-4-5-6-7-8-9-10-13-32-17(16-37)14-33-36(29,30)34-15-18-20(27)21(31-2)22(35-18)26-12-11-19(24)25-23(26)28/h11-12,17-18,20-22,27,37H,3-10,13-16H2,1-2H3,(H,29,30)(H2,24,25,28)/t17?,18-,20-,21-,22?/m1/s1. The van der Waals surface area contributed by atoms with E-state index in [1.807, 2.05) is 0 Å². The van der Waals surface area contributed by atoms with Gasteiger partial charge in [-0.25, -0.2) is 9.36 Å². The topological polar surface area (TPSA) is 165 Å². The van der Waals surface area contributed by atoms with Gasteiger partial charge in [-0.15, -0.1) is 0 Å². The number of nitrogens with two attached hydrogens (primary N) is 1. The number of unbranched alkanes of at least 4 members (excludes halogenated alkanes) is 7. The first-order chi connectivity index (χ1) is 17.7. The van der Waals surface area contributed by atoms with Crippen LogP contribution in [-0.4, -0.2) is 76.7 Å². The zero-order chi connectivity index (χ0) is 27.3. The second-order valence-corrected chi connectivity index (χ2v) is 10.8. The number of methoxy groups -OCH3 is 1. The van der Waals surface area contributed by atoms with Gasteiger partial charge < -0.3 is 29.9 Å². The first-order valence-corrected chi connectivity index (χ1v) is 14.9. The number of hydrogen-bond donors (Lipinski definition) is 4. The number of phosphoric ester groups is 1. The van der Waals surface area contributed by atoms with Gasteiger partial charge in [0.25, 0.3) is 0 Å². The number of nitrogens with zero attached hydrogens (tertiary/aromatic N) is 2. The second kappa shape index (κ2) is 16.8. The van der Waals surface area contributed by atoms with Gasteiger partial charge in [-0.2, -0.15) is 17.6 Å². The summed E-state index contributed by atoms with van der Waals surface area (Å²) in [5.41, 5.74) is 4.82. The van der Waals surface area contributed by atoms with Crippen molar-refractivity contribution in [2.75, 3.05) is 38.4 Å². The molecule has 12 nitrogen and oxygen atoms in total. The fraction of sp³-hybridized carbons (Fsp3) is 0.826. The molecule has 37 heavy (non-hydrogen) atoms. The Bertz CT molecular complexity index is 893. The van der Waals surface area contributed by atoms with Crippen molar-refractivity contribution in [3.63, 3.8) is 0 Å². The molecule has 1 aliphatic rings. The number of nitrogen functional groups attached to an aromatic ring is 1. The van der Waals surface area contributed by atoms with E-state index in [4.69, 9.17) is 29.0 Å². The molecule has 1 aromatic rings. The predicted octanol–water partition coefficient (Wildman–Crippen LogP) is 2.69. The maximum Gasteiger partial charge on any atom is 0.472 e. The molecule has 2 heterocycles. The molecule has 4 N–H and O–H groups in total. The minimum Gasteiger partial charge on any atom is -0.387 e. The van der Waals surface area contributed by atoms with Crippen LogP contribution in [0.25, 0.3) is 0 Å². The minimum atomic E-state index is -4.48. The summed E-state index contributed by atoms with van der Waals surface area (Å²) in [6.07, 6.45) is 6.02. The third-order valence-electron chi connectivity index (χ3n) is 6.09. The summed E-state index contributed by atoms with van der Waals surface area (Å²) in [5.74, 6) is 0.344. The average Bonchev–Trinajstić information content (AvgIpc) is 3.18. The molecule has 1 aromatic heterocycles. The van der Waals surface area contributed by atoms with Crippen molar-refractivity contribution < 1.29 is 37.8 Å². The number of ether oxygens (including phenoxy) is 3. The van der Waals surface area contributed by atoms with Crippen LogP contribution in [0.3, 0.4) is 0 Å². The van der Waals surface area contributed by atoms with Crippen LogP contribution in [0.2, 0.25) is 0 Å². The van der Waals surface area contributed by atoms with Crippen LogP contribution in [-0.2, 0) is 27.8 Å². The van der Waals surface area contributed by atoms with Gasteiger partial charge in [0.05, 0.1) is 19.3 Å². The number of anilines is 1. The van der Waals surface area contributed by atoms with Crippen molar-refractivity contribution in [2.45, 2.75) is 88.9 Å². The average molecular weight is 568 g/mol. The summed E-state index contributed by atoms with van der Waals surface area (Å²) in [6.45, 7) is 2.06. The third kappa shape index (κ3) is 10.9. The molecule has 1 fully saturated rings. The number of phosphoric acid groups is 1. The van der Waals surface area contributed by atoms with Crippen LogP contribution in [0.15, 0.2) is 17.1 Å². The summed E-state index contributed by atoms with van der Waals surface area (Å²) in [4.78, 5) is 25.9. The smallest absolute Gasteiger partial charge is 0.387 e. The zero-order valence-electron chi connectivity index (χ0n) is 21.6. The Morgan fingerprint density at radius 1 is 1.22 bits per heavy atom. The van der Waals surface area contributed by atoms with Crippen LogP contribution in [0, 0.1) is 0 Å². The van der Waals surface area contributed by atoms with Gasteiger partial charge in [0, 0.05) is 25.7 Å². The summed E-state index contributed by atoms with van der Waals surface area (Å²) >= 11 is 4.23. The van der Waals surface area contributed by atoms with Crippen molar-refractivity contribution in [2.24, 2.45) is 0 Å². The molecule has 0 saturated carbocycles. The SMILES string of the molecule is CCCCCCCCCCOC(CS)COP(=O)(O)OC[C@H]1OC(n2ccc(N)nc2=O)[C@H](OC)[C@@H]1O. The van der Waals surface area contributed by atoms with E-state index in [2.05, 4.69) is 24.5 Å². The van der Waals surface area contributed by atoms with Crippen LogP contribution >= 0.6 is 20.5 Å². The number of hydrogen-bond acceptors (Lipinski definition) is 11. The lowest BCUT2D eigenvalue weighted by molar-refractivity contribution is -0.0632. The van der Waals surface area contributed by atoms with E-state index in [0.717, 1.165) is 23.8 Å². The summed E-state index contributed by atoms with van der Waals surface area (Å²) < 4.78 is 40.3. The summed E-state index contributed by atoms with van der Waals surface area (Å²) in [7, 11) is -3.14. The maximum absolute atomic E-state index is 12.4. The molecule has 0 aromatic carbocycles. The lowest BCUT2D eigenvalue weighted by Gasteiger charge is -2.20. The Labute approximate surface area is 223 Å². The number of rotatable bonds is 19. The number of aliphatic hydroxyl groups excluding tert-OH is 1. The molecule has 0 aliphatic carbocycles. The molecule has 1 aliphatic heterocycles.